The van der Waals surface area contributed by atoms with Gasteiger partial charge >= 0.3 is 88.7 Å². The molecular weight excluding hydrogens is 423 g/mol. The molecule has 2 N–H and O–H groups in total. The van der Waals surface area contributed by atoms with Gasteiger partial charge in [-0.3, -0.25) is 9.11 Å². The van der Waals surface area contributed by atoms with Gasteiger partial charge in [0.05, 0.1) is 11.5 Å². The number of unbranched alkanes of at least 4 members (excludes halogenated alkanes) is 2. The van der Waals surface area contributed by atoms with Gasteiger partial charge in [0.1, 0.15) is 0 Å². The van der Waals surface area contributed by atoms with E-state index in [4.69, 9.17) is 9.11 Å². The first kappa shape index (κ1) is 33.5. The molecule has 1 rings (SSSR count). The molecule has 12 heteroatoms. The molecule has 0 aromatic heterocycles. The van der Waals surface area contributed by atoms with Gasteiger partial charge in [0.25, 0.3) is 20.2 Å². The summed E-state index contributed by atoms with van der Waals surface area (Å²) in [5, 5.41) is 0. The van der Waals surface area contributed by atoms with Gasteiger partial charge in [-0.15, -0.1) is 0 Å². The average Bonchev–Trinajstić information content (AvgIpc) is 2.43. The van der Waals surface area contributed by atoms with Crippen molar-refractivity contribution in [3.8, 4) is 0 Å². The molecule has 138 valence electrons. The van der Waals surface area contributed by atoms with Crippen molar-refractivity contribution in [2.24, 2.45) is 0 Å². The SMILES string of the molecule is Cc1cccc(N(CCCCS(=O)(=O)O)CCCCS(=O)(=O)O)c1.[Na+].[Na+].[Na+]. The maximum absolute atomic E-state index is 10.8. The van der Waals surface area contributed by atoms with Crippen LogP contribution in [0.5, 0.6) is 0 Å². The zero-order chi connectivity index (χ0) is 18.2. The van der Waals surface area contributed by atoms with Crippen LogP contribution in [-0.4, -0.2) is 50.5 Å². The summed E-state index contributed by atoms with van der Waals surface area (Å²) >= 11 is 0. The fraction of sp³-hybridized carbons (Fsp3) is 0.600. The first-order chi connectivity index (χ1) is 11.1. The van der Waals surface area contributed by atoms with Gasteiger partial charge in [0, 0.05) is 18.8 Å². The molecule has 1 aromatic rings. The van der Waals surface area contributed by atoms with Crippen molar-refractivity contribution in [1.29, 1.82) is 0 Å². The molecular formula is C15H25NNa3O6S2+3. The van der Waals surface area contributed by atoms with E-state index in [1.54, 1.807) is 0 Å². The van der Waals surface area contributed by atoms with E-state index >= 15 is 0 Å². The molecule has 1 aromatic carbocycles. The molecule has 0 saturated heterocycles. The Morgan fingerprint density at radius 3 is 1.63 bits per heavy atom. The number of hydrogen-bond donors (Lipinski definition) is 2. The van der Waals surface area contributed by atoms with Crippen molar-refractivity contribution in [1.82, 2.24) is 0 Å². The van der Waals surface area contributed by atoms with Crippen molar-refractivity contribution in [3.05, 3.63) is 29.8 Å². The maximum atomic E-state index is 10.8. The van der Waals surface area contributed by atoms with E-state index in [1.165, 1.54) is 0 Å². The van der Waals surface area contributed by atoms with Crippen LogP contribution < -0.4 is 93.6 Å². The smallest absolute Gasteiger partial charge is 0.372 e. The number of hydrogen-bond acceptors (Lipinski definition) is 5. The number of benzene rings is 1. The molecule has 0 amide bonds. The third-order valence-corrected chi connectivity index (χ3v) is 5.14. The predicted molar refractivity (Wildman–Crippen MR) is 94.7 cm³/mol. The van der Waals surface area contributed by atoms with Gasteiger partial charge in [-0.2, -0.15) is 16.8 Å². The molecule has 0 aliphatic heterocycles. The largest absolute Gasteiger partial charge is 1.00 e. The van der Waals surface area contributed by atoms with Gasteiger partial charge in [-0.05, 0) is 50.3 Å². The molecule has 0 bridgehead atoms. The van der Waals surface area contributed by atoms with Gasteiger partial charge < -0.3 is 4.90 Å². The summed E-state index contributed by atoms with van der Waals surface area (Å²) in [5.41, 5.74) is 2.07. The zero-order valence-electron chi connectivity index (χ0n) is 16.8. The second-order valence-electron chi connectivity index (χ2n) is 5.81. The van der Waals surface area contributed by atoms with E-state index in [9.17, 15) is 16.8 Å². The summed E-state index contributed by atoms with van der Waals surface area (Å²) in [4.78, 5) is 2.06. The monoisotopic (exact) mass is 448 g/mol. The molecule has 0 fully saturated rings. The topological polar surface area (TPSA) is 112 Å². The fourth-order valence-electron chi connectivity index (χ4n) is 2.37. The molecule has 0 atom stereocenters. The van der Waals surface area contributed by atoms with Crippen molar-refractivity contribution in [2.45, 2.75) is 32.6 Å². The summed E-state index contributed by atoms with van der Waals surface area (Å²) in [6.07, 6.45) is 1.89. The minimum Gasteiger partial charge on any atom is -0.372 e. The van der Waals surface area contributed by atoms with Gasteiger partial charge in [-0.1, -0.05) is 12.1 Å². The Bertz CT molecular complexity index is 689. The van der Waals surface area contributed by atoms with Gasteiger partial charge in [0.15, 0.2) is 0 Å². The molecule has 7 nitrogen and oxygen atoms in total. The molecule has 0 aliphatic carbocycles. The minimum absolute atomic E-state index is 0. The normalized spacial score (nSPS) is 10.9. The quantitative estimate of drug-likeness (QED) is 0.197. The Morgan fingerprint density at radius 2 is 1.26 bits per heavy atom. The van der Waals surface area contributed by atoms with Crippen molar-refractivity contribution in [3.63, 3.8) is 0 Å². The van der Waals surface area contributed by atoms with Gasteiger partial charge in [-0.25, -0.2) is 0 Å². The van der Waals surface area contributed by atoms with E-state index in [2.05, 4.69) is 4.90 Å². The predicted octanol–water partition coefficient (Wildman–Crippen LogP) is -6.85. The molecule has 0 heterocycles. The Morgan fingerprint density at radius 1 is 0.815 bits per heavy atom. The van der Waals surface area contributed by atoms with Crippen LogP contribution in [0.2, 0.25) is 0 Å². The van der Waals surface area contributed by atoms with Crippen molar-refractivity contribution >= 4 is 25.9 Å². The van der Waals surface area contributed by atoms with Gasteiger partial charge in [0.2, 0.25) is 0 Å². The first-order valence-electron chi connectivity index (χ1n) is 7.79. The van der Waals surface area contributed by atoms with Crippen LogP contribution in [0.4, 0.5) is 5.69 Å². The fourth-order valence-corrected chi connectivity index (χ4v) is 3.51. The molecule has 0 saturated carbocycles. The minimum atomic E-state index is -3.94. The molecule has 27 heavy (non-hydrogen) atoms. The third kappa shape index (κ3) is 18.3. The number of nitrogens with zero attached hydrogens (tertiary/aromatic N) is 1. The summed E-state index contributed by atoms with van der Waals surface area (Å²) < 4.78 is 60.6. The second kappa shape index (κ2) is 16.5. The van der Waals surface area contributed by atoms with Crippen LogP contribution in [0.3, 0.4) is 0 Å². The Hall–Kier alpha value is 1.84. The average molecular weight is 448 g/mol. The number of anilines is 1. The van der Waals surface area contributed by atoms with Crippen molar-refractivity contribution in [2.75, 3.05) is 29.5 Å². The summed E-state index contributed by atoms with van der Waals surface area (Å²) in [7, 11) is -7.89. The van der Waals surface area contributed by atoms with E-state index in [0.29, 0.717) is 38.8 Å². The second-order valence-corrected chi connectivity index (χ2v) is 8.96. The van der Waals surface area contributed by atoms with E-state index in [0.717, 1.165) is 11.3 Å². The van der Waals surface area contributed by atoms with E-state index < -0.39 is 20.2 Å². The number of aryl methyl sites for hydroxylation is 1. The Balaban J connectivity index is -0.00000192. The van der Waals surface area contributed by atoms with Crippen LogP contribution in [0, 0.1) is 6.92 Å². The van der Waals surface area contributed by atoms with E-state index in [-0.39, 0.29) is 100 Å². The van der Waals surface area contributed by atoms with Crippen LogP contribution in [0.15, 0.2) is 24.3 Å². The summed E-state index contributed by atoms with van der Waals surface area (Å²) in [6.45, 7) is 3.17. The van der Waals surface area contributed by atoms with Crippen LogP contribution >= 0.6 is 0 Å². The van der Waals surface area contributed by atoms with Crippen LogP contribution in [-0.2, 0) is 20.2 Å². The zero-order valence-corrected chi connectivity index (χ0v) is 24.4. The first-order valence-corrected chi connectivity index (χ1v) is 11.0. The molecule has 0 unspecified atom stereocenters. The molecule has 0 aliphatic rings. The maximum Gasteiger partial charge on any atom is 1.00 e. The van der Waals surface area contributed by atoms with Crippen LogP contribution in [0.1, 0.15) is 31.2 Å². The summed E-state index contributed by atoms with van der Waals surface area (Å²) in [6, 6.07) is 7.84. The Kier molecular flexibility index (Phi) is 20.5. The standard InChI is InChI=1S/C15H25NO6S2.3Na/c1-14-7-6-8-15(13-14)16(9-2-4-11-23(17,18)19)10-3-5-12-24(20,21)22;;;/h6-8,13H,2-5,9-12H2,1H3,(H,17,18,19)(H,20,21,22);;;/q;3*+1. The third-order valence-electron chi connectivity index (χ3n) is 3.53. The summed E-state index contributed by atoms with van der Waals surface area (Å²) in [5.74, 6) is -0.533. The van der Waals surface area contributed by atoms with E-state index in [1.807, 2.05) is 31.2 Å². The molecule has 0 spiro atoms. The van der Waals surface area contributed by atoms with Crippen LogP contribution in [0.25, 0.3) is 0 Å². The number of rotatable bonds is 11. The Labute approximate surface area is 229 Å². The molecule has 0 radical (unpaired) electrons. The van der Waals surface area contributed by atoms with Crippen molar-refractivity contribution < 1.29 is 115 Å².